The lowest BCUT2D eigenvalue weighted by atomic mass is 9.92. The van der Waals surface area contributed by atoms with Crippen molar-refractivity contribution >= 4 is 28.5 Å². The summed E-state index contributed by atoms with van der Waals surface area (Å²) < 4.78 is 6.18. The van der Waals surface area contributed by atoms with Crippen molar-refractivity contribution in [1.29, 1.82) is 0 Å². The van der Waals surface area contributed by atoms with Crippen molar-refractivity contribution in [1.82, 2.24) is 0 Å². The van der Waals surface area contributed by atoms with E-state index in [2.05, 4.69) is 24.3 Å². The molecule has 1 N–H and O–H groups in total. The fourth-order valence-corrected chi connectivity index (χ4v) is 5.43. The number of para-hydroxylation sites is 1. The molecule has 5 aromatic rings. The number of carbonyl (C=O) groups is 1. The van der Waals surface area contributed by atoms with Gasteiger partial charge in [0, 0.05) is 27.8 Å². The van der Waals surface area contributed by atoms with Crippen LogP contribution in [0.15, 0.2) is 138 Å². The highest BCUT2D eigenvalue weighted by Crippen LogP contribution is 2.47. The molecule has 5 aromatic carbocycles. The molecule has 39 heavy (non-hydrogen) atoms. The zero-order chi connectivity index (χ0) is 26.4. The average Bonchev–Trinajstić information content (AvgIpc) is 3.46. The molecule has 4 nitrogen and oxygen atoms in total. The number of fused-ring (bicyclic) bond motifs is 3. The van der Waals surface area contributed by atoms with E-state index in [4.69, 9.17) is 9.73 Å². The molecule has 7 rings (SSSR count). The molecule has 0 spiro atoms. The predicted octanol–water partition coefficient (Wildman–Crippen LogP) is 7.15. The molecular formula is C35H23NO3. The van der Waals surface area contributed by atoms with Crippen LogP contribution in [0.5, 0.6) is 0 Å². The molecular weight excluding hydrogens is 482 g/mol. The third kappa shape index (κ3) is 3.65. The van der Waals surface area contributed by atoms with Gasteiger partial charge in [0.25, 0.3) is 5.79 Å². The van der Waals surface area contributed by atoms with E-state index < -0.39 is 11.6 Å². The van der Waals surface area contributed by atoms with E-state index in [1.54, 1.807) is 24.3 Å². The number of ether oxygens (including phenoxy) is 1. The first kappa shape index (κ1) is 23.1. The number of hydrogen-bond donors (Lipinski definition) is 1. The molecule has 0 fully saturated rings. The molecule has 0 aromatic heterocycles. The molecule has 1 aliphatic carbocycles. The highest BCUT2D eigenvalue weighted by Gasteiger charge is 2.50. The largest absolute Gasteiger partial charge is 0.449 e. The van der Waals surface area contributed by atoms with Gasteiger partial charge in [-0.1, -0.05) is 127 Å². The van der Waals surface area contributed by atoms with Crippen LogP contribution in [-0.2, 0) is 15.3 Å². The molecule has 4 heteroatoms. The number of Topliss-reactive ketones (excluding diaryl/α,β-unsaturated/α-hetero) is 1. The highest BCUT2D eigenvalue weighted by molar-refractivity contribution is 6.33. The molecule has 0 amide bonds. The van der Waals surface area contributed by atoms with E-state index in [0.29, 0.717) is 33.7 Å². The van der Waals surface area contributed by atoms with Crippen LogP contribution in [0.2, 0.25) is 0 Å². The SMILES string of the molecule is O=C1C(c2ccccc2N=C2c3ccccc3-c3ccccc32)=C(c2ccccc2)O[C@]1(O)c1ccccc1. The number of carbonyl (C=O) groups excluding carboxylic acids is 1. The van der Waals surface area contributed by atoms with Crippen molar-refractivity contribution in [3.8, 4) is 11.1 Å². The van der Waals surface area contributed by atoms with Crippen molar-refractivity contribution in [3.05, 3.63) is 161 Å². The van der Waals surface area contributed by atoms with E-state index in [1.807, 2.05) is 84.9 Å². The van der Waals surface area contributed by atoms with Gasteiger partial charge in [-0.15, -0.1) is 0 Å². The van der Waals surface area contributed by atoms with Gasteiger partial charge in [0.05, 0.1) is 17.0 Å². The van der Waals surface area contributed by atoms with E-state index in [0.717, 1.165) is 28.0 Å². The molecule has 1 aliphatic heterocycles. The van der Waals surface area contributed by atoms with Gasteiger partial charge in [0.15, 0.2) is 0 Å². The number of hydrogen-bond acceptors (Lipinski definition) is 4. The Morgan fingerprint density at radius 2 is 1.05 bits per heavy atom. The first-order valence-electron chi connectivity index (χ1n) is 12.8. The lowest BCUT2D eigenvalue weighted by Crippen LogP contribution is -2.34. The van der Waals surface area contributed by atoms with E-state index in [1.165, 1.54) is 0 Å². The quantitative estimate of drug-likeness (QED) is 0.277. The van der Waals surface area contributed by atoms with Gasteiger partial charge in [-0.3, -0.25) is 4.79 Å². The molecule has 1 atom stereocenters. The Morgan fingerprint density at radius 1 is 0.564 bits per heavy atom. The second-order valence-electron chi connectivity index (χ2n) is 9.58. The molecule has 2 aliphatic rings. The van der Waals surface area contributed by atoms with Crippen LogP contribution in [0.25, 0.3) is 22.5 Å². The smallest absolute Gasteiger partial charge is 0.300 e. The van der Waals surface area contributed by atoms with Gasteiger partial charge in [-0.05, 0) is 17.2 Å². The fourth-order valence-electron chi connectivity index (χ4n) is 5.43. The Kier molecular flexibility index (Phi) is 5.36. The molecule has 1 heterocycles. The summed E-state index contributed by atoms with van der Waals surface area (Å²) >= 11 is 0. The first-order chi connectivity index (χ1) is 19.1. The summed E-state index contributed by atoms with van der Waals surface area (Å²) in [5.41, 5.74) is 7.79. The second-order valence-corrected chi connectivity index (χ2v) is 9.58. The van der Waals surface area contributed by atoms with Crippen LogP contribution in [-0.4, -0.2) is 16.6 Å². The summed E-state index contributed by atoms with van der Waals surface area (Å²) in [7, 11) is 0. The Labute approximate surface area is 226 Å². The lowest BCUT2D eigenvalue weighted by molar-refractivity contribution is -0.173. The monoisotopic (exact) mass is 505 g/mol. The zero-order valence-corrected chi connectivity index (χ0v) is 20.9. The number of rotatable bonds is 4. The highest BCUT2D eigenvalue weighted by atomic mass is 16.6. The third-order valence-electron chi connectivity index (χ3n) is 7.27. The Balaban J connectivity index is 1.44. The number of aliphatic imine (C=N–C) groups is 1. The minimum absolute atomic E-state index is 0.298. The van der Waals surface area contributed by atoms with Crippen molar-refractivity contribution in [2.75, 3.05) is 0 Å². The first-order valence-corrected chi connectivity index (χ1v) is 12.8. The van der Waals surface area contributed by atoms with Gasteiger partial charge in [-0.25, -0.2) is 4.99 Å². The van der Waals surface area contributed by atoms with E-state index in [-0.39, 0.29) is 0 Å². The minimum atomic E-state index is -2.14. The topological polar surface area (TPSA) is 58.9 Å². The average molecular weight is 506 g/mol. The van der Waals surface area contributed by atoms with Crippen LogP contribution in [0.3, 0.4) is 0 Å². The Bertz CT molecular complexity index is 1760. The molecule has 0 saturated carbocycles. The molecule has 0 saturated heterocycles. The summed E-state index contributed by atoms with van der Waals surface area (Å²) in [4.78, 5) is 19.3. The molecule has 0 unspecified atom stereocenters. The Morgan fingerprint density at radius 3 is 1.67 bits per heavy atom. The number of aliphatic hydroxyl groups is 1. The summed E-state index contributed by atoms with van der Waals surface area (Å²) in [6, 6.07) is 42.2. The van der Waals surface area contributed by atoms with Crippen LogP contribution in [0.1, 0.15) is 27.8 Å². The van der Waals surface area contributed by atoms with Crippen molar-refractivity contribution in [2.24, 2.45) is 4.99 Å². The van der Waals surface area contributed by atoms with E-state index >= 15 is 0 Å². The summed E-state index contributed by atoms with van der Waals surface area (Å²) in [5.74, 6) is -2.34. The third-order valence-corrected chi connectivity index (χ3v) is 7.27. The van der Waals surface area contributed by atoms with Crippen LogP contribution < -0.4 is 0 Å². The van der Waals surface area contributed by atoms with E-state index in [9.17, 15) is 9.90 Å². The van der Waals surface area contributed by atoms with Gasteiger partial charge in [0.2, 0.25) is 5.78 Å². The van der Waals surface area contributed by atoms with Gasteiger partial charge in [-0.2, -0.15) is 0 Å². The number of nitrogens with zero attached hydrogens (tertiary/aromatic N) is 1. The maximum absolute atomic E-state index is 14.1. The summed E-state index contributed by atoms with van der Waals surface area (Å²) in [6.45, 7) is 0. The number of benzene rings is 5. The van der Waals surface area contributed by atoms with Crippen LogP contribution in [0, 0.1) is 0 Å². The minimum Gasteiger partial charge on any atom is -0.449 e. The van der Waals surface area contributed by atoms with Crippen molar-refractivity contribution in [2.45, 2.75) is 5.79 Å². The summed E-state index contributed by atoms with van der Waals surface area (Å²) in [5, 5.41) is 11.7. The normalized spacial score (nSPS) is 17.6. The zero-order valence-electron chi connectivity index (χ0n) is 20.9. The van der Waals surface area contributed by atoms with Gasteiger partial charge in [0.1, 0.15) is 5.76 Å². The fraction of sp³-hybridized carbons (Fsp3) is 0.0286. The van der Waals surface area contributed by atoms with Gasteiger partial charge >= 0.3 is 0 Å². The second kappa shape index (κ2) is 9.05. The standard InChI is InChI=1S/C35H23NO3/c37-34-31(33(23-13-3-1-4-14-23)39-35(34,38)24-15-5-2-6-16-24)29-21-11-12-22-30(29)36-32-27-19-9-7-17-25(27)26-18-8-10-20-28(26)32/h1-22,38H/t35-/m1/s1. The molecule has 186 valence electrons. The summed E-state index contributed by atoms with van der Waals surface area (Å²) in [6.07, 6.45) is 0. The van der Waals surface area contributed by atoms with Crippen LogP contribution in [0.4, 0.5) is 5.69 Å². The maximum Gasteiger partial charge on any atom is 0.300 e. The molecule has 0 bridgehead atoms. The lowest BCUT2D eigenvalue weighted by Gasteiger charge is -2.22. The molecule has 0 radical (unpaired) electrons. The predicted molar refractivity (Wildman–Crippen MR) is 153 cm³/mol. The van der Waals surface area contributed by atoms with Crippen molar-refractivity contribution in [3.63, 3.8) is 0 Å². The van der Waals surface area contributed by atoms with Gasteiger partial charge < -0.3 is 9.84 Å². The number of ketones is 1. The van der Waals surface area contributed by atoms with Crippen molar-refractivity contribution < 1.29 is 14.6 Å². The maximum atomic E-state index is 14.1. The Hall–Kier alpha value is -5.06. The van der Waals surface area contributed by atoms with Crippen LogP contribution >= 0.6 is 0 Å².